The summed E-state index contributed by atoms with van der Waals surface area (Å²) in [6.45, 7) is 5.08. The Morgan fingerprint density at radius 2 is 2.03 bits per heavy atom. The molecule has 1 unspecified atom stereocenters. The predicted molar refractivity (Wildman–Crippen MR) is 138 cm³/mol. The number of nitrogens with one attached hydrogen (secondary N) is 2. The lowest BCUT2D eigenvalue weighted by Crippen LogP contribution is -2.45. The summed E-state index contributed by atoms with van der Waals surface area (Å²) in [5.41, 5.74) is 2.16. The number of guanidine groups is 1. The molecule has 2 aromatic rings. The van der Waals surface area contributed by atoms with Crippen molar-refractivity contribution >= 4 is 35.8 Å². The highest BCUT2D eigenvalue weighted by Crippen LogP contribution is 2.26. The van der Waals surface area contributed by atoms with E-state index < -0.39 is 0 Å². The van der Waals surface area contributed by atoms with Crippen molar-refractivity contribution in [3.8, 4) is 5.69 Å². The monoisotopic (exact) mass is 550 g/mol. The highest BCUT2D eigenvalue weighted by atomic mass is 127. The van der Waals surface area contributed by atoms with E-state index in [1.807, 2.05) is 29.1 Å². The minimum Gasteiger partial charge on any atom is -0.357 e. The molecule has 1 saturated heterocycles. The largest absolute Gasteiger partial charge is 0.357 e. The quantitative estimate of drug-likeness (QED) is 0.327. The number of hydrogen-bond acceptors (Lipinski definition) is 3. The molecule has 1 amide bonds. The second kappa shape index (κ2) is 12.2. The summed E-state index contributed by atoms with van der Waals surface area (Å²) in [5.74, 6) is 1.42. The van der Waals surface area contributed by atoms with Crippen LogP contribution < -0.4 is 10.6 Å². The van der Waals surface area contributed by atoms with Crippen LogP contribution in [0.25, 0.3) is 5.69 Å². The number of halogens is 1. The van der Waals surface area contributed by atoms with Crippen LogP contribution >= 0.6 is 24.0 Å². The molecule has 4 rings (SSSR count). The Morgan fingerprint density at radius 1 is 1.19 bits per heavy atom. The number of aromatic nitrogens is 2. The molecule has 1 aliphatic carbocycles. The van der Waals surface area contributed by atoms with Gasteiger partial charge in [-0.05, 0) is 49.9 Å². The number of carbonyl (C=O) groups is 1. The van der Waals surface area contributed by atoms with Crippen LogP contribution in [0.15, 0.2) is 47.7 Å². The maximum atomic E-state index is 12.8. The van der Waals surface area contributed by atoms with Crippen LogP contribution in [0.3, 0.4) is 0 Å². The zero-order valence-corrected chi connectivity index (χ0v) is 21.2. The molecule has 32 heavy (non-hydrogen) atoms. The molecule has 2 fully saturated rings. The van der Waals surface area contributed by atoms with Crippen molar-refractivity contribution < 1.29 is 4.79 Å². The number of aliphatic imine (C=N–C) groups is 1. The third-order valence-electron chi connectivity index (χ3n) is 6.24. The smallest absolute Gasteiger partial charge is 0.225 e. The second-order valence-corrected chi connectivity index (χ2v) is 8.56. The Hall–Kier alpha value is -2.10. The van der Waals surface area contributed by atoms with Gasteiger partial charge in [0.2, 0.25) is 5.91 Å². The van der Waals surface area contributed by atoms with Gasteiger partial charge in [0.25, 0.3) is 0 Å². The summed E-state index contributed by atoms with van der Waals surface area (Å²) in [4.78, 5) is 19.7. The minimum atomic E-state index is 0. The highest BCUT2D eigenvalue weighted by molar-refractivity contribution is 14.0. The fraction of sp³-hybridized carbons (Fsp3) is 0.542. The molecule has 1 aromatic heterocycles. The number of nitrogens with zero attached hydrogens (tertiary/aromatic N) is 4. The van der Waals surface area contributed by atoms with E-state index in [0.717, 1.165) is 56.1 Å². The average molecular weight is 550 g/mol. The van der Waals surface area contributed by atoms with Crippen molar-refractivity contribution in [2.75, 3.05) is 19.6 Å². The molecule has 2 aliphatic rings. The van der Waals surface area contributed by atoms with Crippen LogP contribution in [-0.2, 0) is 11.3 Å². The first-order valence-corrected chi connectivity index (χ1v) is 11.7. The van der Waals surface area contributed by atoms with Gasteiger partial charge in [0, 0.05) is 44.0 Å². The number of benzene rings is 1. The van der Waals surface area contributed by atoms with E-state index in [1.54, 1.807) is 6.20 Å². The lowest BCUT2D eigenvalue weighted by Gasteiger charge is -2.26. The summed E-state index contributed by atoms with van der Waals surface area (Å²) < 4.78 is 1.85. The fourth-order valence-electron chi connectivity index (χ4n) is 4.59. The maximum absolute atomic E-state index is 12.8. The van der Waals surface area contributed by atoms with Gasteiger partial charge in [-0.2, -0.15) is 5.10 Å². The van der Waals surface area contributed by atoms with Crippen LogP contribution in [-0.4, -0.2) is 52.2 Å². The van der Waals surface area contributed by atoms with Crippen molar-refractivity contribution in [2.45, 2.75) is 58.0 Å². The van der Waals surface area contributed by atoms with Gasteiger partial charge in [-0.15, -0.1) is 24.0 Å². The van der Waals surface area contributed by atoms with E-state index >= 15 is 0 Å². The Morgan fingerprint density at radius 3 is 2.78 bits per heavy atom. The van der Waals surface area contributed by atoms with Crippen LogP contribution in [0, 0.1) is 5.92 Å². The van der Waals surface area contributed by atoms with Crippen LogP contribution in [0.1, 0.15) is 51.0 Å². The van der Waals surface area contributed by atoms with E-state index in [4.69, 9.17) is 4.99 Å². The average Bonchev–Trinajstić information content (AvgIpc) is 3.51. The van der Waals surface area contributed by atoms with Crippen molar-refractivity contribution in [3.63, 3.8) is 0 Å². The van der Waals surface area contributed by atoms with Crippen molar-refractivity contribution in [1.82, 2.24) is 25.3 Å². The lowest BCUT2D eigenvalue weighted by atomic mass is 9.88. The van der Waals surface area contributed by atoms with Gasteiger partial charge < -0.3 is 15.5 Å². The second-order valence-electron chi connectivity index (χ2n) is 8.56. The molecule has 1 saturated carbocycles. The minimum absolute atomic E-state index is 0. The van der Waals surface area contributed by atoms with E-state index in [-0.39, 0.29) is 35.9 Å². The zero-order valence-electron chi connectivity index (χ0n) is 18.9. The molecule has 1 atom stereocenters. The van der Waals surface area contributed by atoms with Gasteiger partial charge in [0.15, 0.2) is 5.96 Å². The molecular weight excluding hydrogens is 515 g/mol. The Labute approximate surface area is 208 Å². The molecule has 2 heterocycles. The highest BCUT2D eigenvalue weighted by Gasteiger charge is 2.31. The summed E-state index contributed by atoms with van der Waals surface area (Å²) in [6.07, 6.45) is 10.5. The van der Waals surface area contributed by atoms with E-state index in [1.165, 1.54) is 19.3 Å². The van der Waals surface area contributed by atoms with Crippen LogP contribution in [0.2, 0.25) is 0 Å². The van der Waals surface area contributed by atoms with Gasteiger partial charge in [-0.25, -0.2) is 9.67 Å². The van der Waals surface area contributed by atoms with Gasteiger partial charge in [-0.3, -0.25) is 4.79 Å². The van der Waals surface area contributed by atoms with E-state index in [9.17, 15) is 4.79 Å². The number of hydrogen-bond donors (Lipinski definition) is 2. The van der Waals surface area contributed by atoms with Gasteiger partial charge in [0.1, 0.15) is 0 Å². The molecular formula is C24H35IN6O. The topological polar surface area (TPSA) is 74.6 Å². The van der Waals surface area contributed by atoms with Crippen molar-refractivity contribution in [1.29, 1.82) is 0 Å². The van der Waals surface area contributed by atoms with Gasteiger partial charge >= 0.3 is 0 Å². The summed E-state index contributed by atoms with van der Waals surface area (Å²) in [7, 11) is 0. The number of amides is 1. The third-order valence-corrected chi connectivity index (χ3v) is 6.24. The van der Waals surface area contributed by atoms with Crippen LogP contribution in [0.4, 0.5) is 0 Å². The number of carbonyl (C=O) groups excluding carboxylic acids is 1. The molecule has 2 N–H and O–H groups in total. The first-order chi connectivity index (χ1) is 15.2. The molecule has 0 radical (unpaired) electrons. The Balaban J connectivity index is 0.00000289. The van der Waals surface area contributed by atoms with E-state index in [0.29, 0.717) is 12.5 Å². The lowest BCUT2D eigenvalue weighted by molar-refractivity contribution is -0.135. The summed E-state index contributed by atoms with van der Waals surface area (Å²) in [6, 6.07) is 10.4. The molecule has 174 valence electrons. The number of likely N-dealkylation sites (tertiary alicyclic amines) is 1. The SMILES string of the molecule is CCNC(=NCc1cccc(-n2cccn2)c1)NC1CCN(C(=O)C2CCCCC2)C1.I. The molecule has 0 spiro atoms. The van der Waals surface area contributed by atoms with Crippen molar-refractivity contribution in [2.24, 2.45) is 10.9 Å². The molecule has 7 nitrogen and oxygen atoms in total. The maximum Gasteiger partial charge on any atom is 0.225 e. The number of rotatable bonds is 6. The van der Waals surface area contributed by atoms with Crippen LogP contribution in [0.5, 0.6) is 0 Å². The summed E-state index contributed by atoms with van der Waals surface area (Å²) >= 11 is 0. The van der Waals surface area contributed by atoms with Gasteiger partial charge in [0.05, 0.1) is 12.2 Å². The standard InChI is InChI=1S/C24H34N6O.HI/c1-2-25-24(26-17-19-8-6-11-22(16-19)30-14-7-13-27-30)28-21-12-15-29(18-21)23(31)20-9-4-3-5-10-20;/h6-8,11,13-14,16,20-21H,2-5,9-10,12,15,17-18H2,1H3,(H2,25,26,28);1H. The first kappa shape index (κ1) is 24.5. The normalized spacial score (nSPS) is 19.5. The molecule has 8 heteroatoms. The molecule has 1 aliphatic heterocycles. The van der Waals surface area contributed by atoms with Crippen molar-refractivity contribution in [3.05, 3.63) is 48.3 Å². The first-order valence-electron chi connectivity index (χ1n) is 11.7. The molecule has 1 aromatic carbocycles. The van der Waals surface area contributed by atoms with E-state index in [2.05, 4.69) is 39.7 Å². The van der Waals surface area contributed by atoms with Gasteiger partial charge in [-0.1, -0.05) is 31.4 Å². The predicted octanol–water partition coefficient (Wildman–Crippen LogP) is 3.73. The Bertz CT molecular complexity index is 878. The molecule has 0 bridgehead atoms. The Kier molecular flexibility index (Phi) is 9.37. The third kappa shape index (κ3) is 6.46. The summed E-state index contributed by atoms with van der Waals surface area (Å²) in [5, 5.41) is 11.2. The fourth-order valence-corrected chi connectivity index (χ4v) is 4.59. The zero-order chi connectivity index (χ0) is 21.5.